The summed E-state index contributed by atoms with van der Waals surface area (Å²) in [7, 11) is 0. The van der Waals surface area contributed by atoms with Crippen LogP contribution in [0.15, 0.2) is 23.1 Å². The van der Waals surface area contributed by atoms with Gasteiger partial charge < -0.3 is 10.0 Å². The summed E-state index contributed by atoms with van der Waals surface area (Å²) in [4.78, 5) is 17.2. The second-order valence-electron chi connectivity index (χ2n) is 5.31. The lowest BCUT2D eigenvalue weighted by molar-refractivity contribution is 0.0693. The first-order chi connectivity index (χ1) is 10.1. The Balaban J connectivity index is 2.31. The van der Waals surface area contributed by atoms with Crippen molar-refractivity contribution in [1.29, 1.82) is 0 Å². The summed E-state index contributed by atoms with van der Waals surface area (Å²) in [6, 6.07) is 6.27. The Hall–Kier alpha value is -1.20. The molecule has 1 aliphatic rings. The Labute approximate surface area is 131 Å². The first-order valence-electron chi connectivity index (χ1n) is 7.56. The molecule has 1 aromatic rings. The fourth-order valence-electron chi connectivity index (χ4n) is 2.96. The van der Waals surface area contributed by atoms with Gasteiger partial charge in [0.2, 0.25) is 0 Å². The predicted molar refractivity (Wildman–Crippen MR) is 88.7 cm³/mol. The monoisotopic (exact) mass is 308 g/mol. The number of carboxylic acid groups (broad SMARTS) is 1. The predicted octanol–water partition coefficient (Wildman–Crippen LogP) is 3.03. The van der Waals surface area contributed by atoms with E-state index in [1.54, 1.807) is 11.8 Å². The Morgan fingerprint density at radius 3 is 2.71 bits per heavy atom. The van der Waals surface area contributed by atoms with E-state index in [1.807, 2.05) is 25.1 Å². The lowest BCUT2D eigenvalue weighted by atomic mass is 10.1. The number of hydrogen-bond donors (Lipinski definition) is 1. The quantitative estimate of drug-likeness (QED) is 0.847. The molecule has 1 aromatic carbocycles. The van der Waals surface area contributed by atoms with Crippen LogP contribution in [0.4, 0.5) is 5.69 Å². The molecule has 1 fully saturated rings. The van der Waals surface area contributed by atoms with E-state index in [9.17, 15) is 9.90 Å². The summed E-state index contributed by atoms with van der Waals surface area (Å²) < 4.78 is 0. The zero-order valence-corrected chi connectivity index (χ0v) is 13.8. The van der Waals surface area contributed by atoms with Crippen LogP contribution in [0.2, 0.25) is 0 Å². The van der Waals surface area contributed by atoms with Gasteiger partial charge in [-0.3, -0.25) is 4.90 Å². The lowest BCUT2D eigenvalue weighted by Gasteiger charge is -2.41. The Morgan fingerprint density at radius 2 is 2.14 bits per heavy atom. The van der Waals surface area contributed by atoms with E-state index in [-0.39, 0.29) is 0 Å². The van der Waals surface area contributed by atoms with Crippen LogP contribution in [0.5, 0.6) is 0 Å². The van der Waals surface area contributed by atoms with Crippen molar-refractivity contribution in [3.8, 4) is 0 Å². The SMILES string of the molecule is CCSc1cccc(N2CCN(CC)C(C)C2)c1C(=O)O. The van der Waals surface area contributed by atoms with Gasteiger partial charge in [-0.05, 0) is 31.4 Å². The minimum Gasteiger partial charge on any atom is -0.478 e. The number of hydrogen-bond acceptors (Lipinski definition) is 4. The number of anilines is 1. The van der Waals surface area contributed by atoms with Gasteiger partial charge in [0.25, 0.3) is 0 Å². The molecule has 0 aliphatic carbocycles. The Bertz CT molecular complexity index is 507. The van der Waals surface area contributed by atoms with Gasteiger partial charge >= 0.3 is 5.97 Å². The summed E-state index contributed by atoms with van der Waals surface area (Å²) in [6.07, 6.45) is 0. The topological polar surface area (TPSA) is 43.8 Å². The molecule has 0 radical (unpaired) electrons. The third-order valence-corrected chi connectivity index (χ3v) is 4.97. The second kappa shape index (κ2) is 7.18. The van der Waals surface area contributed by atoms with Crippen LogP contribution in [0.25, 0.3) is 0 Å². The van der Waals surface area contributed by atoms with Crippen molar-refractivity contribution in [2.24, 2.45) is 0 Å². The van der Waals surface area contributed by atoms with Crippen molar-refractivity contribution in [2.75, 3.05) is 36.8 Å². The highest BCUT2D eigenvalue weighted by molar-refractivity contribution is 7.99. The van der Waals surface area contributed by atoms with E-state index in [2.05, 4.69) is 23.6 Å². The average Bonchev–Trinajstić information content (AvgIpc) is 2.47. The highest BCUT2D eigenvalue weighted by Gasteiger charge is 2.26. The molecule has 0 aromatic heterocycles. The highest BCUT2D eigenvalue weighted by atomic mass is 32.2. The number of thioether (sulfide) groups is 1. The van der Waals surface area contributed by atoms with Gasteiger partial charge in [0.05, 0.1) is 11.3 Å². The molecule has 21 heavy (non-hydrogen) atoms. The third kappa shape index (κ3) is 3.52. The minimum atomic E-state index is -0.827. The van der Waals surface area contributed by atoms with E-state index in [0.29, 0.717) is 11.6 Å². The highest BCUT2D eigenvalue weighted by Crippen LogP contribution is 2.32. The minimum absolute atomic E-state index is 0.452. The summed E-state index contributed by atoms with van der Waals surface area (Å²) in [5, 5.41) is 9.62. The van der Waals surface area contributed by atoms with Gasteiger partial charge in [-0.1, -0.05) is 19.9 Å². The van der Waals surface area contributed by atoms with Crippen molar-refractivity contribution < 1.29 is 9.90 Å². The molecule has 116 valence electrons. The standard InChI is InChI=1S/C16H24N2O2S/c1-4-17-9-10-18(11-12(17)3)13-7-6-8-14(21-5-2)15(13)16(19)20/h6-8,12H,4-5,9-11H2,1-3H3,(H,19,20). The molecule has 1 N–H and O–H groups in total. The van der Waals surface area contributed by atoms with Crippen molar-refractivity contribution in [3.05, 3.63) is 23.8 Å². The van der Waals surface area contributed by atoms with Crippen molar-refractivity contribution >= 4 is 23.4 Å². The maximum absolute atomic E-state index is 11.7. The van der Waals surface area contributed by atoms with E-state index < -0.39 is 5.97 Å². The maximum Gasteiger partial charge on any atom is 0.338 e. The number of rotatable bonds is 5. The first-order valence-corrected chi connectivity index (χ1v) is 8.55. The van der Waals surface area contributed by atoms with Crippen LogP contribution >= 0.6 is 11.8 Å². The third-order valence-electron chi connectivity index (χ3n) is 4.03. The van der Waals surface area contributed by atoms with Crippen LogP contribution in [0.3, 0.4) is 0 Å². The molecule has 4 nitrogen and oxygen atoms in total. The number of carbonyl (C=O) groups is 1. The Morgan fingerprint density at radius 1 is 1.38 bits per heavy atom. The van der Waals surface area contributed by atoms with Gasteiger partial charge in [-0.25, -0.2) is 4.79 Å². The number of carboxylic acids is 1. The summed E-state index contributed by atoms with van der Waals surface area (Å²) in [5.74, 6) is 0.0520. The summed E-state index contributed by atoms with van der Waals surface area (Å²) in [5.41, 5.74) is 1.32. The first kappa shape index (κ1) is 16.2. The molecule has 5 heteroatoms. The van der Waals surface area contributed by atoms with E-state index in [1.165, 1.54) is 0 Å². The van der Waals surface area contributed by atoms with Gasteiger partial charge in [-0.15, -0.1) is 11.8 Å². The molecule has 0 saturated carbocycles. The molecular formula is C16H24N2O2S. The van der Waals surface area contributed by atoms with Crippen LogP contribution < -0.4 is 4.90 Å². The number of nitrogens with zero attached hydrogens (tertiary/aromatic N) is 2. The fourth-order valence-corrected chi connectivity index (χ4v) is 3.78. The normalized spacial score (nSPS) is 19.8. The maximum atomic E-state index is 11.7. The molecule has 1 heterocycles. The van der Waals surface area contributed by atoms with Crippen LogP contribution in [-0.4, -0.2) is 53.9 Å². The molecule has 1 unspecified atom stereocenters. The smallest absolute Gasteiger partial charge is 0.338 e. The van der Waals surface area contributed by atoms with Gasteiger partial charge in [0.15, 0.2) is 0 Å². The zero-order chi connectivity index (χ0) is 15.4. The van der Waals surface area contributed by atoms with Gasteiger partial charge in [-0.2, -0.15) is 0 Å². The van der Waals surface area contributed by atoms with Crippen molar-refractivity contribution in [3.63, 3.8) is 0 Å². The van der Waals surface area contributed by atoms with E-state index in [4.69, 9.17) is 0 Å². The fraction of sp³-hybridized carbons (Fsp3) is 0.562. The van der Waals surface area contributed by atoms with Crippen LogP contribution in [0.1, 0.15) is 31.1 Å². The lowest BCUT2D eigenvalue weighted by Crippen LogP contribution is -2.52. The molecule has 2 rings (SSSR count). The Kier molecular flexibility index (Phi) is 5.53. The summed E-state index contributed by atoms with van der Waals surface area (Å²) >= 11 is 1.60. The largest absolute Gasteiger partial charge is 0.478 e. The number of likely N-dealkylation sites (N-methyl/N-ethyl adjacent to an activating group) is 1. The molecule has 0 amide bonds. The second-order valence-corrected chi connectivity index (χ2v) is 6.62. The van der Waals surface area contributed by atoms with Crippen molar-refractivity contribution in [2.45, 2.75) is 31.7 Å². The average molecular weight is 308 g/mol. The molecular weight excluding hydrogens is 284 g/mol. The molecule has 0 spiro atoms. The number of aromatic carboxylic acids is 1. The van der Waals surface area contributed by atoms with Crippen LogP contribution in [0, 0.1) is 0 Å². The van der Waals surface area contributed by atoms with E-state index in [0.717, 1.165) is 42.5 Å². The van der Waals surface area contributed by atoms with Crippen LogP contribution in [-0.2, 0) is 0 Å². The number of benzene rings is 1. The van der Waals surface area contributed by atoms with E-state index >= 15 is 0 Å². The summed E-state index contributed by atoms with van der Waals surface area (Å²) in [6.45, 7) is 10.2. The molecule has 1 aliphatic heterocycles. The zero-order valence-electron chi connectivity index (χ0n) is 13.0. The van der Waals surface area contributed by atoms with Gasteiger partial charge in [0.1, 0.15) is 0 Å². The number of piperazine rings is 1. The molecule has 1 saturated heterocycles. The van der Waals surface area contributed by atoms with Crippen molar-refractivity contribution in [1.82, 2.24) is 4.90 Å². The molecule has 1 atom stereocenters. The molecule has 0 bridgehead atoms. The van der Waals surface area contributed by atoms with Gasteiger partial charge in [0, 0.05) is 30.6 Å².